The van der Waals surface area contributed by atoms with E-state index in [1.165, 1.54) is 4.90 Å². The van der Waals surface area contributed by atoms with Crippen LogP contribution in [0.1, 0.15) is 40.0 Å². The first-order valence-corrected chi connectivity index (χ1v) is 5.71. The number of nitrogens with one attached hydrogen (secondary N) is 1. The molecule has 1 saturated heterocycles. The lowest BCUT2D eigenvalue weighted by Crippen LogP contribution is -2.60. The van der Waals surface area contributed by atoms with Gasteiger partial charge in [-0.2, -0.15) is 0 Å². The zero-order valence-corrected chi connectivity index (χ0v) is 9.80. The Kier molecular flexibility index (Phi) is 3.72. The van der Waals surface area contributed by atoms with Gasteiger partial charge in [0.1, 0.15) is 0 Å². The zero-order chi connectivity index (χ0) is 11.5. The molecule has 1 rings (SSSR count). The van der Waals surface area contributed by atoms with Crippen LogP contribution in [0.5, 0.6) is 0 Å². The van der Waals surface area contributed by atoms with Crippen molar-refractivity contribution >= 4 is 11.9 Å². The van der Waals surface area contributed by atoms with Gasteiger partial charge in [0.2, 0.25) is 5.91 Å². The molecule has 0 spiro atoms. The normalized spacial score (nSPS) is 20.3. The Morgan fingerprint density at radius 1 is 1.27 bits per heavy atom. The number of hydrogen-bond acceptors (Lipinski definition) is 2. The maximum Gasteiger partial charge on any atom is 0.324 e. The molecule has 0 aromatic rings. The molecular formula is C11H20N2O2. The van der Waals surface area contributed by atoms with Crippen molar-refractivity contribution in [3.05, 3.63) is 0 Å². The van der Waals surface area contributed by atoms with Gasteiger partial charge in [-0.05, 0) is 19.3 Å². The van der Waals surface area contributed by atoms with Gasteiger partial charge < -0.3 is 5.32 Å². The van der Waals surface area contributed by atoms with Crippen LogP contribution in [0.4, 0.5) is 4.79 Å². The Balaban J connectivity index is 2.89. The standard InChI is InChI=1S/C11H20N2O2/c1-4-7-13-9(14)11(5-2,6-3)8-12-10(13)15/h4-8H2,1-3H3,(H,12,15). The minimum absolute atomic E-state index is 0.00176. The van der Waals surface area contributed by atoms with Crippen LogP contribution in [-0.2, 0) is 4.79 Å². The highest BCUT2D eigenvalue weighted by Gasteiger charge is 2.44. The topological polar surface area (TPSA) is 49.4 Å². The molecule has 86 valence electrons. The number of rotatable bonds is 4. The molecule has 15 heavy (non-hydrogen) atoms. The van der Waals surface area contributed by atoms with Crippen molar-refractivity contribution in [2.75, 3.05) is 13.1 Å². The predicted molar refractivity (Wildman–Crippen MR) is 58.4 cm³/mol. The van der Waals surface area contributed by atoms with E-state index in [0.29, 0.717) is 13.1 Å². The fourth-order valence-electron chi connectivity index (χ4n) is 2.02. The van der Waals surface area contributed by atoms with Gasteiger partial charge in [0, 0.05) is 13.1 Å². The van der Waals surface area contributed by atoms with E-state index in [9.17, 15) is 9.59 Å². The molecule has 1 fully saturated rings. The van der Waals surface area contributed by atoms with Crippen LogP contribution < -0.4 is 5.32 Å². The Labute approximate surface area is 91.0 Å². The smallest absolute Gasteiger partial charge is 0.324 e. The fourth-order valence-corrected chi connectivity index (χ4v) is 2.02. The monoisotopic (exact) mass is 212 g/mol. The van der Waals surface area contributed by atoms with E-state index < -0.39 is 0 Å². The molecule has 0 radical (unpaired) electrons. The lowest BCUT2D eigenvalue weighted by Gasteiger charge is -2.39. The number of carbonyl (C=O) groups excluding carboxylic acids is 2. The van der Waals surface area contributed by atoms with E-state index in [1.807, 2.05) is 20.8 Å². The van der Waals surface area contributed by atoms with Crippen LogP contribution in [0.15, 0.2) is 0 Å². The van der Waals surface area contributed by atoms with Crippen LogP contribution in [0.3, 0.4) is 0 Å². The Morgan fingerprint density at radius 3 is 2.33 bits per heavy atom. The second-order valence-corrected chi connectivity index (χ2v) is 4.10. The molecular weight excluding hydrogens is 192 g/mol. The molecule has 1 aliphatic heterocycles. The molecule has 0 atom stereocenters. The minimum Gasteiger partial charge on any atom is -0.337 e. The molecule has 4 heteroatoms. The number of carbonyl (C=O) groups is 2. The van der Waals surface area contributed by atoms with E-state index in [4.69, 9.17) is 0 Å². The van der Waals surface area contributed by atoms with Crippen molar-refractivity contribution in [2.24, 2.45) is 5.41 Å². The summed E-state index contributed by atoms with van der Waals surface area (Å²) in [6.45, 7) is 6.98. The van der Waals surface area contributed by atoms with Gasteiger partial charge >= 0.3 is 6.03 Å². The van der Waals surface area contributed by atoms with Crippen molar-refractivity contribution in [1.29, 1.82) is 0 Å². The van der Waals surface area contributed by atoms with Crippen molar-refractivity contribution in [1.82, 2.24) is 10.2 Å². The van der Waals surface area contributed by atoms with Crippen LogP contribution in [0, 0.1) is 5.41 Å². The number of hydrogen-bond donors (Lipinski definition) is 1. The second kappa shape index (κ2) is 4.64. The van der Waals surface area contributed by atoms with Crippen LogP contribution in [0.25, 0.3) is 0 Å². The molecule has 3 amide bonds. The summed E-state index contributed by atoms with van der Waals surface area (Å²) in [5.41, 5.74) is -0.372. The maximum atomic E-state index is 12.2. The van der Waals surface area contributed by atoms with Gasteiger partial charge in [0.25, 0.3) is 0 Å². The minimum atomic E-state index is -0.372. The van der Waals surface area contributed by atoms with Gasteiger partial charge in [-0.15, -0.1) is 0 Å². The molecule has 1 heterocycles. The highest BCUT2D eigenvalue weighted by atomic mass is 16.2. The largest absolute Gasteiger partial charge is 0.337 e. The SMILES string of the molecule is CCCN1C(=O)NCC(CC)(CC)C1=O. The van der Waals surface area contributed by atoms with Gasteiger partial charge in [0.15, 0.2) is 0 Å². The molecule has 0 aromatic carbocycles. The van der Waals surface area contributed by atoms with Gasteiger partial charge in [0.05, 0.1) is 5.41 Å². The molecule has 1 N–H and O–H groups in total. The summed E-state index contributed by atoms with van der Waals surface area (Å²) in [5.74, 6) is -0.00176. The third-order valence-corrected chi connectivity index (χ3v) is 3.32. The molecule has 0 saturated carbocycles. The summed E-state index contributed by atoms with van der Waals surface area (Å²) >= 11 is 0. The fraction of sp³-hybridized carbons (Fsp3) is 0.818. The third-order valence-electron chi connectivity index (χ3n) is 3.32. The highest BCUT2D eigenvalue weighted by molar-refractivity contribution is 6.00. The van der Waals surface area contributed by atoms with Gasteiger partial charge in [-0.1, -0.05) is 20.8 Å². The quantitative estimate of drug-likeness (QED) is 0.772. The van der Waals surface area contributed by atoms with E-state index in [1.54, 1.807) is 0 Å². The first-order chi connectivity index (χ1) is 7.11. The second-order valence-electron chi connectivity index (χ2n) is 4.10. The van der Waals surface area contributed by atoms with E-state index in [2.05, 4.69) is 5.32 Å². The van der Waals surface area contributed by atoms with Crippen molar-refractivity contribution in [3.8, 4) is 0 Å². The van der Waals surface area contributed by atoms with E-state index >= 15 is 0 Å². The van der Waals surface area contributed by atoms with Crippen LogP contribution in [-0.4, -0.2) is 29.9 Å². The van der Waals surface area contributed by atoms with E-state index in [-0.39, 0.29) is 17.4 Å². The van der Waals surface area contributed by atoms with Crippen molar-refractivity contribution in [3.63, 3.8) is 0 Å². The number of urea groups is 1. The molecule has 0 bridgehead atoms. The summed E-state index contributed by atoms with van der Waals surface area (Å²) in [6.07, 6.45) is 2.37. The van der Waals surface area contributed by atoms with Crippen LogP contribution >= 0.6 is 0 Å². The average Bonchev–Trinajstić information content (AvgIpc) is 2.26. The van der Waals surface area contributed by atoms with Crippen molar-refractivity contribution in [2.45, 2.75) is 40.0 Å². The summed E-state index contributed by atoms with van der Waals surface area (Å²) in [7, 11) is 0. The maximum absolute atomic E-state index is 12.2. The Hall–Kier alpha value is -1.06. The molecule has 4 nitrogen and oxygen atoms in total. The highest BCUT2D eigenvalue weighted by Crippen LogP contribution is 2.30. The lowest BCUT2D eigenvalue weighted by atomic mass is 9.79. The third kappa shape index (κ3) is 1.98. The first-order valence-electron chi connectivity index (χ1n) is 5.71. The summed E-state index contributed by atoms with van der Waals surface area (Å²) in [5, 5.41) is 2.81. The molecule has 0 aromatic heterocycles. The Morgan fingerprint density at radius 2 is 1.87 bits per heavy atom. The predicted octanol–water partition coefficient (Wildman–Crippen LogP) is 1.75. The summed E-state index contributed by atoms with van der Waals surface area (Å²) in [4.78, 5) is 25.0. The zero-order valence-electron chi connectivity index (χ0n) is 9.80. The van der Waals surface area contributed by atoms with Gasteiger partial charge in [-0.3, -0.25) is 9.69 Å². The molecule has 0 aliphatic carbocycles. The number of nitrogens with zero attached hydrogens (tertiary/aromatic N) is 1. The first kappa shape index (κ1) is 12.0. The summed E-state index contributed by atoms with van der Waals surface area (Å²) in [6, 6.07) is -0.237. The lowest BCUT2D eigenvalue weighted by molar-refractivity contribution is -0.141. The average molecular weight is 212 g/mol. The Bertz CT molecular complexity index is 259. The molecule has 0 unspecified atom stereocenters. The van der Waals surface area contributed by atoms with Crippen LogP contribution in [0.2, 0.25) is 0 Å². The molecule has 1 aliphatic rings. The van der Waals surface area contributed by atoms with Crippen molar-refractivity contribution < 1.29 is 9.59 Å². The van der Waals surface area contributed by atoms with Gasteiger partial charge in [-0.25, -0.2) is 4.79 Å². The number of amides is 3. The number of imide groups is 1. The van der Waals surface area contributed by atoms with E-state index in [0.717, 1.165) is 19.3 Å². The summed E-state index contributed by atoms with van der Waals surface area (Å²) < 4.78 is 0.